The highest BCUT2D eigenvalue weighted by Gasteiger charge is 2.11. The molecule has 3 heterocycles. The van der Waals surface area contributed by atoms with Gasteiger partial charge in [0.25, 0.3) is 11.8 Å². The Bertz CT molecular complexity index is 1570. The normalized spacial score (nSPS) is 10.4. The number of anilines is 4. The summed E-state index contributed by atoms with van der Waals surface area (Å²) in [5.74, 6) is -0.119. The molecule has 3 aromatic heterocycles. The van der Waals surface area contributed by atoms with Crippen LogP contribution in [0, 0.1) is 6.92 Å². The van der Waals surface area contributed by atoms with Crippen molar-refractivity contribution in [1.29, 1.82) is 0 Å². The van der Waals surface area contributed by atoms with E-state index in [0.29, 0.717) is 28.5 Å². The highest BCUT2D eigenvalue weighted by molar-refractivity contribution is 6.06. The average molecular weight is 502 g/mol. The van der Waals surface area contributed by atoms with Crippen molar-refractivity contribution >= 4 is 34.8 Å². The van der Waals surface area contributed by atoms with Crippen LogP contribution >= 0.6 is 0 Å². The van der Waals surface area contributed by atoms with Gasteiger partial charge in [-0.05, 0) is 79.2 Å². The summed E-state index contributed by atoms with van der Waals surface area (Å²) in [6, 6.07) is 21.2. The Balaban J connectivity index is 1.25. The molecule has 2 amide bonds. The molecule has 3 N–H and O–H groups in total. The minimum atomic E-state index is -0.278. The largest absolute Gasteiger partial charge is 0.324 e. The van der Waals surface area contributed by atoms with Crippen LogP contribution in [-0.4, -0.2) is 31.8 Å². The maximum absolute atomic E-state index is 12.9. The van der Waals surface area contributed by atoms with Gasteiger partial charge in [-0.15, -0.1) is 0 Å². The molecule has 0 aliphatic carbocycles. The summed E-state index contributed by atoms with van der Waals surface area (Å²) >= 11 is 0. The summed E-state index contributed by atoms with van der Waals surface area (Å²) in [5.41, 5.74) is 5.45. The fraction of sp³-hybridized carbons (Fsp3) is 0.0345. The van der Waals surface area contributed by atoms with Gasteiger partial charge in [0.2, 0.25) is 5.95 Å². The topological polar surface area (TPSA) is 122 Å². The number of amides is 2. The lowest BCUT2D eigenvalue weighted by molar-refractivity contribution is 0.101. The highest BCUT2D eigenvalue weighted by atomic mass is 16.2. The number of rotatable bonds is 7. The van der Waals surface area contributed by atoms with Gasteiger partial charge in [-0.3, -0.25) is 19.6 Å². The third-order valence-corrected chi connectivity index (χ3v) is 5.68. The fourth-order valence-electron chi connectivity index (χ4n) is 3.66. The molecule has 0 atom stereocenters. The Hall–Kier alpha value is -5.44. The van der Waals surface area contributed by atoms with Crippen LogP contribution in [0.2, 0.25) is 0 Å². The van der Waals surface area contributed by atoms with Crippen molar-refractivity contribution < 1.29 is 9.59 Å². The van der Waals surface area contributed by atoms with Gasteiger partial charge in [-0.25, -0.2) is 9.97 Å². The van der Waals surface area contributed by atoms with E-state index in [4.69, 9.17) is 0 Å². The number of hydrogen-bond acceptors (Lipinski definition) is 7. The van der Waals surface area contributed by atoms with Crippen molar-refractivity contribution in [3.8, 4) is 11.3 Å². The predicted molar refractivity (Wildman–Crippen MR) is 146 cm³/mol. The van der Waals surface area contributed by atoms with Gasteiger partial charge in [0.05, 0.1) is 11.3 Å². The van der Waals surface area contributed by atoms with Crippen LogP contribution < -0.4 is 16.0 Å². The molecule has 9 heteroatoms. The molecule has 9 nitrogen and oxygen atoms in total. The molecule has 2 aromatic carbocycles. The van der Waals surface area contributed by atoms with Gasteiger partial charge in [-0.2, -0.15) is 0 Å². The maximum Gasteiger partial charge on any atom is 0.257 e. The van der Waals surface area contributed by atoms with E-state index in [0.717, 1.165) is 22.5 Å². The molecule has 186 valence electrons. The first-order valence-electron chi connectivity index (χ1n) is 11.8. The number of nitrogens with zero attached hydrogens (tertiary/aromatic N) is 4. The third kappa shape index (κ3) is 5.85. The van der Waals surface area contributed by atoms with E-state index in [1.54, 1.807) is 61.2 Å². The second-order valence-corrected chi connectivity index (χ2v) is 8.39. The number of nitrogens with one attached hydrogen (secondary N) is 3. The van der Waals surface area contributed by atoms with Crippen LogP contribution in [0.1, 0.15) is 26.3 Å². The molecule has 0 unspecified atom stereocenters. The predicted octanol–water partition coefficient (Wildman–Crippen LogP) is 5.49. The van der Waals surface area contributed by atoms with Gasteiger partial charge >= 0.3 is 0 Å². The van der Waals surface area contributed by atoms with Gasteiger partial charge in [-0.1, -0.05) is 6.07 Å². The maximum atomic E-state index is 12.9. The molecule has 5 rings (SSSR count). The first-order chi connectivity index (χ1) is 18.5. The first kappa shape index (κ1) is 24.3. The molecule has 0 aliphatic rings. The van der Waals surface area contributed by atoms with Gasteiger partial charge in [0, 0.05) is 59.2 Å². The minimum Gasteiger partial charge on any atom is -0.324 e. The Morgan fingerprint density at radius 1 is 0.711 bits per heavy atom. The quantitative estimate of drug-likeness (QED) is 0.270. The lowest BCUT2D eigenvalue weighted by Gasteiger charge is -2.12. The summed E-state index contributed by atoms with van der Waals surface area (Å²) in [6.45, 7) is 1.96. The number of aryl methyl sites for hydroxylation is 1. The van der Waals surface area contributed by atoms with Crippen molar-refractivity contribution in [3.05, 3.63) is 120 Å². The zero-order valence-electron chi connectivity index (χ0n) is 20.4. The van der Waals surface area contributed by atoms with Gasteiger partial charge < -0.3 is 16.0 Å². The zero-order chi connectivity index (χ0) is 26.3. The van der Waals surface area contributed by atoms with Crippen molar-refractivity contribution in [1.82, 2.24) is 19.9 Å². The van der Waals surface area contributed by atoms with Crippen LogP contribution in [0.15, 0.2) is 104 Å². The monoisotopic (exact) mass is 501 g/mol. The van der Waals surface area contributed by atoms with E-state index in [1.807, 2.05) is 43.3 Å². The standard InChI is InChI=1S/C29H23N7O2/c1-19-6-9-24(16-26(19)36-29-32-15-12-25(35-29)21-4-2-13-30-17-21)34-27(37)20-7-10-23(11-8-20)33-28(38)22-5-3-14-31-18-22/h2-18H,1H3,(H,33,38)(H,34,37)(H,32,35,36). The SMILES string of the molecule is Cc1ccc(NC(=O)c2ccc(NC(=O)c3cccnc3)cc2)cc1Nc1nccc(-c2cccnc2)n1. The Labute approximate surface area is 219 Å². The van der Waals surface area contributed by atoms with E-state index in [-0.39, 0.29) is 11.8 Å². The molecule has 0 spiro atoms. The Kier molecular flexibility index (Phi) is 7.08. The third-order valence-electron chi connectivity index (χ3n) is 5.68. The molecular formula is C29H23N7O2. The lowest BCUT2D eigenvalue weighted by Crippen LogP contribution is -2.14. The van der Waals surface area contributed by atoms with Crippen LogP contribution in [0.5, 0.6) is 0 Å². The molecule has 0 radical (unpaired) electrons. The van der Waals surface area contributed by atoms with E-state index >= 15 is 0 Å². The molecule has 0 saturated heterocycles. The van der Waals surface area contributed by atoms with Crippen LogP contribution in [0.3, 0.4) is 0 Å². The number of hydrogen-bond donors (Lipinski definition) is 3. The second kappa shape index (κ2) is 11.1. The number of pyridine rings is 2. The summed E-state index contributed by atoms with van der Waals surface area (Å²) in [7, 11) is 0. The number of aromatic nitrogens is 4. The molecule has 38 heavy (non-hydrogen) atoms. The minimum absolute atomic E-state index is 0.273. The molecule has 5 aromatic rings. The summed E-state index contributed by atoms with van der Waals surface area (Å²) in [5, 5.41) is 8.94. The smallest absolute Gasteiger partial charge is 0.257 e. The number of carbonyl (C=O) groups is 2. The van der Waals surface area contributed by atoms with Crippen molar-refractivity contribution in [2.24, 2.45) is 0 Å². The molecule has 0 saturated carbocycles. The van der Waals surface area contributed by atoms with Crippen LogP contribution in [-0.2, 0) is 0 Å². The van der Waals surface area contributed by atoms with Gasteiger partial charge in [0.15, 0.2) is 0 Å². The second-order valence-electron chi connectivity index (χ2n) is 8.39. The van der Waals surface area contributed by atoms with E-state index < -0.39 is 0 Å². The van der Waals surface area contributed by atoms with Crippen LogP contribution in [0.4, 0.5) is 23.0 Å². The zero-order valence-corrected chi connectivity index (χ0v) is 20.4. The molecule has 0 fully saturated rings. The Morgan fingerprint density at radius 3 is 2.16 bits per heavy atom. The first-order valence-corrected chi connectivity index (χ1v) is 11.8. The van der Waals surface area contributed by atoms with Crippen molar-refractivity contribution in [2.75, 3.05) is 16.0 Å². The van der Waals surface area contributed by atoms with E-state index in [1.165, 1.54) is 6.20 Å². The van der Waals surface area contributed by atoms with E-state index in [2.05, 4.69) is 35.9 Å². The van der Waals surface area contributed by atoms with Crippen LogP contribution in [0.25, 0.3) is 11.3 Å². The van der Waals surface area contributed by atoms with Crippen molar-refractivity contribution in [3.63, 3.8) is 0 Å². The fourth-order valence-corrected chi connectivity index (χ4v) is 3.66. The number of benzene rings is 2. The Morgan fingerprint density at radius 2 is 1.42 bits per heavy atom. The lowest BCUT2D eigenvalue weighted by atomic mass is 10.1. The summed E-state index contributed by atoms with van der Waals surface area (Å²) in [6.07, 6.45) is 8.23. The molecule has 0 bridgehead atoms. The van der Waals surface area contributed by atoms with Crippen molar-refractivity contribution in [2.45, 2.75) is 6.92 Å². The number of carbonyl (C=O) groups excluding carboxylic acids is 2. The average Bonchev–Trinajstić information content (AvgIpc) is 2.96. The highest BCUT2D eigenvalue weighted by Crippen LogP contribution is 2.25. The van der Waals surface area contributed by atoms with E-state index in [9.17, 15) is 9.59 Å². The molecular weight excluding hydrogens is 478 g/mol. The summed E-state index contributed by atoms with van der Waals surface area (Å²) < 4.78 is 0. The summed E-state index contributed by atoms with van der Waals surface area (Å²) in [4.78, 5) is 42.2. The molecule has 0 aliphatic heterocycles. The van der Waals surface area contributed by atoms with Gasteiger partial charge in [0.1, 0.15) is 0 Å².